The second-order valence-electron chi connectivity index (χ2n) is 3.64. The molecule has 0 bridgehead atoms. The van der Waals surface area contributed by atoms with Gasteiger partial charge >= 0.3 is 5.97 Å². The van der Waals surface area contributed by atoms with Crippen LogP contribution in [-0.4, -0.2) is 24.2 Å². The Morgan fingerprint density at radius 2 is 2.18 bits per heavy atom. The minimum absolute atomic E-state index is 0.393. The minimum atomic E-state index is -0.626. The van der Waals surface area contributed by atoms with Crippen LogP contribution >= 0.6 is 0 Å². The van der Waals surface area contributed by atoms with E-state index in [4.69, 9.17) is 4.74 Å². The van der Waals surface area contributed by atoms with Crippen molar-refractivity contribution in [2.75, 3.05) is 7.11 Å². The number of pyridine rings is 1. The number of ether oxygens (including phenoxy) is 2. The van der Waals surface area contributed by atoms with E-state index in [2.05, 4.69) is 9.72 Å². The molecule has 0 radical (unpaired) electrons. The number of aromatic nitrogens is 1. The highest BCUT2D eigenvalue weighted by Crippen LogP contribution is 2.25. The number of nitrogens with zero attached hydrogens (tertiary/aromatic N) is 1. The average Bonchev–Trinajstić information content (AvgIpc) is 2.38. The molecule has 17 heavy (non-hydrogen) atoms. The van der Waals surface area contributed by atoms with Gasteiger partial charge in [0.05, 0.1) is 7.11 Å². The van der Waals surface area contributed by atoms with Crippen LogP contribution in [0.4, 0.5) is 0 Å². The Morgan fingerprint density at radius 3 is 2.94 bits per heavy atom. The number of hydrogen-bond acceptors (Lipinski definition) is 4. The predicted molar refractivity (Wildman–Crippen MR) is 63.8 cm³/mol. The van der Waals surface area contributed by atoms with E-state index in [0.29, 0.717) is 5.75 Å². The van der Waals surface area contributed by atoms with E-state index in [9.17, 15) is 4.79 Å². The molecule has 1 aromatic carbocycles. The molecule has 2 aromatic rings. The van der Waals surface area contributed by atoms with Crippen LogP contribution in [0.1, 0.15) is 6.92 Å². The Bertz CT molecular complexity index is 534. The maximum absolute atomic E-state index is 11.3. The highest BCUT2D eigenvalue weighted by molar-refractivity contribution is 5.87. The number of carbonyl (C=O) groups excluding carboxylic acids is 1. The summed E-state index contributed by atoms with van der Waals surface area (Å²) in [5.41, 5.74) is 0. The molecule has 0 amide bonds. The van der Waals surface area contributed by atoms with Gasteiger partial charge in [0.1, 0.15) is 5.75 Å². The van der Waals surface area contributed by atoms with Crippen molar-refractivity contribution in [2.24, 2.45) is 0 Å². The number of fused-ring (bicyclic) bond motifs is 1. The molecule has 0 aliphatic carbocycles. The summed E-state index contributed by atoms with van der Waals surface area (Å²) in [6, 6.07) is 7.48. The van der Waals surface area contributed by atoms with Crippen LogP contribution in [0, 0.1) is 0 Å². The van der Waals surface area contributed by atoms with E-state index in [1.165, 1.54) is 7.11 Å². The van der Waals surface area contributed by atoms with E-state index in [1.54, 1.807) is 19.3 Å². The third-order valence-electron chi connectivity index (χ3n) is 2.48. The molecule has 0 saturated heterocycles. The summed E-state index contributed by atoms with van der Waals surface area (Å²) in [6.45, 7) is 1.66. The van der Waals surface area contributed by atoms with Crippen molar-refractivity contribution in [1.82, 2.24) is 4.98 Å². The topological polar surface area (TPSA) is 48.4 Å². The monoisotopic (exact) mass is 231 g/mol. The van der Waals surface area contributed by atoms with Gasteiger partial charge in [-0.2, -0.15) is 0 Å². The molecular formula is C13H13NO3. The van der Waals surface area contributed by atoms with Gasteiger partial charge in [-0.15, -0.1) is 0 Å². The quantitative estimate of drug-likeness (QED) is 0.759. The summed E-state index contributed by atoms with van der Waals surface area (Å²) >= 11 is 0. The summed E-state index contributed by atoms with van der Waals surface area (Å²) in [7, 11) is 1.34. The SMILES string of the molecule is COC(=O)[C@H](C)Oc1cccc2cnccc12. The zero-order chi connectivity index (χ0) is 12.3. The first kappa shape index (κ1) is 11.4. The molecule has 1 heterocycles. The Morgan fingerprint density at radius 1 is 1.35 bits per heavy atom. The number of benzene rings is 1. The van der Waals surface area contributed by atoms with Gasteiger partial charge < -0.3 is 9.47 Å². The van der Waals surface area contributed by atoms with Crippen molar-refractivity contribution < 1.29 is 14.3 Å². The van der Waals surface area contributed by atoms with Gasteiger partial charge in [0, 0.05) is 23.2 Å². The van der Waals surface area contributed by atoms with Gasteiger partial charge in [0.2, 0.25) is 0 Å². The first-order valence-electron chi connectivity index (χ1n) is 5.29. The highest BCUT2D eigenvalue weighted by Gasteiger charge is 2.15. The predicted octanol–water partition coefficient (Wildman–Crippen LogP) is 2.18. The fourth-order valence-corrected chi connectivity index (χ4v) is 1.60. The zero-order valence-electron chi connectivity index (χ0n) is 9.71. The van der Waals surface area contributed by atoms with Crippen molar-refractivity contribution in [3.63, 3.8) is 0 Å². The van der Waals surface area contributed by atoms with Gasteiger partial charge in [-0.1, -0.05) is 12.1 Å². The van der Waals surface area contributed by atoms with Gasteiger partial charge in [0.25, 0.3) is 0 Å². The lowest BCUT2D eigenvalue weighted by molar-refractivity contribution is -0.147. The van der Waals surface area contributed by atoms with E-state index in [1.807, 2.05) is 24.3 Å². The molecule has 0 aliphatic rings. The molecule has 4 heteroatoms. The van der Waals surface area contributed by atoms with E-state index >= 15 is 0 Å². The molecule has 1 aromatic heterocycles. The highest BCUT2D eigenvalue weighted by atomic mass is 16.6. The van der Waals surface area contributed by atoms with Crippen molar-refractivity contribution in [2.45, 2.75) is 13.0 Å². The minimum Gasteiger partial charge on any atom is -0.478 e. The summed E-state index contributed by atoms with van der Waals surface area (Å²) in [4.78, 5) is 15.3. The van der Waals surface area contributed by atoms with Gasteiger partial charge in [0.15, 0.2) is 6.10 Å². The third kappa shape index (κ3) is 2.36. The smallest absolute Gasteiger partial charge is 0.346 e. The average molecular weight is 231 g/mol. The summed E-state index contributed by atoms with van der Waals surface area (Å²) in [5.74, 6) is 0.263. The Hall–Kier alpha value is -2.10. The van der Waals surface area contributed by atoms with Crippen LogP contribution < -0.4 is 4.74 Å². The van der Waals surface area contributed by atoms with Gasteiger partial charge in [-0.3, -0.25) is 4.98 Å². The van der Waals surface area contributed by atoms with Crippen LogP contribution in [0.5, 0.6) is 5.75 Å². The molecule has 0 N–H and O–H groups in total. The second-order valence-corrected chi connectivity index (χ2v) is 3.64. The maximum atomic E-state index is 11.3. The van der Waals surface area contributed by atoms with Gasteiger partial charge in [-0.25, -0.2) is 4.79 Å². The molecule has 4 nitrogen and oxygen atoms in total. The third-order valence-corrected chi connectivity index (χ3v) is 2.48. The fraction of sp³-hybridized carbons (Fsp3) is 0.231. The molecule has 1 atom stereocenters. The molecule has 2 rings (SSSR count). The Kier molecular flexibility index (Phi) is 3.23. The lowest BCUT2D eigenvalue weighted by atomic mass is 10.1. The molecule has 0 saturated carbocycles. The van der Waals surface area contributed by atoms with Crippen LogP contribution in [0.3, 0.4) is 0 Å². The van der Waals surface area contributed by atoms with E-state index in [-0.39, 0.29) is 0 Å². The lowest BCUT2D eigenvalue weighted by Crippen LogP contribution is -2.24. The molecule has 0 fully saturated rings. The van der Waals surface area contributed by atoms with Crippen LogP contribution in [0.25, 0.3) is 10.8 Å². The number of esters is 1. The zero-order valence-corrected chi connectivity index (χ0v) is 9.71. The number of rotatable bonds is 3. The Labute approximate surface area is 99.2 Å². The number of methoxy groups -OCH3 is 1. The summed E-state index contributed by atoms with van der Waals surface area (Å²) < 4.78 is 10.2. The molecule has 0 aliphatic heterocycles. The van der Waals surface area contributed by atoms with Crippen molar-refractivity contribution in [3.05, 3.63) is 36.7 Å². The number of hydrogen-bond donors (Lipinski definition) is 0. The van der Waals surface area contributed by atoms with Crippen molar-refractivity contribution in [3.8, 4) is 5.75 Å². The molecular weight excluding hydrogens is 218 g/mol. The normalized spacial score (nSPS) is 12.1. The van der Waals surface area contributed by atoms with Crippen LogP contribution in [0.15, 0.2) is 36.7 Å². The largest absolute Gasteiger partial charge is 0.478 e. The first-order valence-corrected chi connectivity index (χ1v) is 5.29. The van der Waals surface area contributed by atoms with E-state index < -0.39 is 12.1 Å². The molecule has 0 unspecified atom stereocenters. The van der Waals surface area contributed by atoms with Crippen molar-refractivity contribution >= 4 is 16.7 Å². The van der Waals surface area contributed by atoms with Gasteiger partial charge in [-0.05, 0) is 19.1 Å². The van der Waals surface area contributed by atoms with Crippen LogP contribution in [0.2, 0.25) is 0 Å². The van der Waals surface area contributed by atoms with Crippen LogP contribution in [-0.2, 0) is 9.53 Å². The van der Waals surface area contributed by atoms with E-state index in [0.717, 1.165) is 10.8 Å². The van der Waals surface area contributed by atoms with Crippen molar-refractivity contribution in [1.29, 1.82) is 0 Å². The standard InChI is InChI=1S/C13H13NO3/c1-9(13(15)16-2)17-12-5-3-4-10-8-14-7-6-11(10)12/h3-9H,1-2H3/t9-/m0/s1. The second kappa shape index (κ2) is 4.82. The summed E-state index contributed by atoms with van der Waals surface area (Å²) in [5, 5.41) is 1.90. The number of carbonyl (C=O) groups is 1. The lowest BCUT2D eigenvalue weighted by Gasteiger charge is -2.13. The first-order chi connectivity index (χ1) is 8.22. The molecule has 0 spiro atoms. The summed E-state index contributed by atoms with van der Waals surface area (Å²) in [6.07, 6.45) is 2.82. The Balaban J connectivity index is 2.33. The molecule has 88 valence electrons. The maximum Gasteiger partial charge on any atom is 0.346 e. The fourth-order valence-electron chi connectivity index (χ4n) is 1.60.